The minimum atomic E-state index is -4.32. The lowest BCUT2D eigenvalue weighted by Crippen LogP contribution is -2.19. The van der Waals surface area contributed by atoms with Gasteiger partial charge in [0.25, 0.3) is 10.0 Å². The van der Waals surface area contributed by atoms with Gasteiger partial charge in [-0.05, 0) is 24.3 Å². The highest BCUT2D eigenvalue weighted by Gasteiger charge is 2.29. The van der Waals surface area contributed by atoms with Gasteiger partial charge in [-0.3, -0.25) is 4.98 Å². The van der Waals surface area contributed by atoms with Crippen LogP contribution < -0.4 is 5.32 Å². The maximum absolute atomic E-state index is 15.1. The number of hydrogen-bond donors (Lipinski definition) is 1. The minimum Gasteiger partial charge on any atom is -0.445 e. The fourth-order valence-electron chi connectivity index (χ4n) is 2.43. The molecule has 3 heterocycles. The zero-order valence-electron chi connectivity index (χ0n) is 14.5. The van der Waals surface area contributed by atoms with Crippen LogP contribution in [0.4, 0.5) is 13.6 Å². The van der Waals surface area contributed by atoms with E-state index >= 15 is 4.39 Å². The lowest BCUT2D eigenvalue weighted by Gasteiger charge is -2.10. The third-order valence-corrected chi connectivity index (χ3v) is 5.39. The van der Waals surface area contributed by atoms with E-state index in [1.54, 1.807) is 0 Å². The van der Waals surface area contributed by atoms with Crippen LogP contribution >= 0.6 is 0 Å². The van der Waals surface area contributed by atoms with Crippen molar-refractivity contribution in [3.8, 4) is 11.3 Å². The second-order valence-corrected chi connectivity index (χ2v) is 7.29. The van der Waals surface area contributed by atoms with Crippen molar-refractivity contribution < 1.29 is 26.7 Å². The lowest BCUT2D eigenvalue weighted by atomic mass is 10.2. The molecule has 11 heteroatoms. The monoisotopic (exact) mass is 408 g/mol. The molecule has 8 nitrogen and oxygen atoms in total. The van der Waals surface area contributed by atoms with Crippen molar-refractivity contribution in [2.24, 2.45) is 0 Å². The molecule has 0 saturated heterocycles. The molecule has 0 fully saturated rings. The van der Waals surface area contributed by atoms with Gasteiger partial charge in [0, 0.05) is 37.4 Å². The number of rotatable bonds is 5. The van der Waals surface area contributed by atoms with E-state index in [0.717, 1.165) is 18.6 Å². The summed E-state index contributed by atoms with van der Waals surface area (Å²) in [4.78, 5) is 18.2. The molecule has 3 rings (SSSR count). The van der Waals surface area contributed by atoms with Gasteiger partial charge in [-0.25, -0.2) is 26.6 Å². The normalized spacial score (nSPS) is 11.2. The van der Waals surface area contributed by atoms with E-state index in [2.05, 4.69) is 15.3 Å². The quantitative estimate of drug-likeness (QED) is 0.650. The second-order valence-electron chi connectivity index (χ2n) is 5.47. The van der Waals surface area contributed by atoms with Crippen molar-refractivity contribution in [2.45, 2.75) is 11.5 Å². The molecule has 0 aliphatic rings. The molecule has 0 radical (unpaired) electrons. The van der Waals surface area contributed by atoms with Crippen LogP contribution in [0.1, 0.15) is 5.56 Å². The maximum Gasteiger partial charge on any atom is 0.407 e. The molecular weight excluding hydrogens is 394 g/mol. The van der Waals surface area contributed by atoms with E-state index < -0.39 is 40.2 Å². The molecule has 3 aromatic rings. The first kappa shape index (κ1) is 19.4. The highest BCUT2D eigenvalue weighted by Crippen LogP contribution is 2.32. The summed E-state index contributed by atoms with van der Waals surface area (Å²) < 4.78 is 60.6. The first-order chi connectivity index (χ1) is 13.4. The Morgan fingerprint density at radius 3 is 2.64 bits per heavy atom. The Labute approximate surface area is 158 Å². The molecule has 0 saturated carbocycles. The van der Waals surface area contributed by atoms with Crippen molar-refractivity contribution in [3.63, 3.8) is 0 Å². The largest absolute Gasteiger partial charge is 0.445 e. The molecule has 0 aliphatic carbocycles. The number of amides is 1. The Hall–Kier alpha value is -3.34. The molecular formula is C17H14F2N4O4S. The molecule has 0 atom stereocenters. The fourth-order valence-corrected chi connectivity index (χ4v) is 3.79. The van der Waals surface area contributed by atoms with E-state index in [1.165, 1.54) is 37.5 Å². The van der Waals surface area contributed by atoms with E-state index in [1.807, 2.05) is 0 Å². The first-order valence-electron chi connectivity index (χ1n) is 7.87. The topological polar surface area (TPSA) is 103 Å². The number of pyridine rings is 2. The number of aromatic nitrogens is 3. The molecule has 0 aliphatic heterocycles. The standard InChI is InChI=1S/C17H14F2N4O4S/c1-20-17(24)27-10-11-9-23(28(25,26)12-4-2-6-21-8-12)15(14(11)18)13-5-3-7-22-16(13)19/h2-9H,10H2,1H3,(H,20,24). The summed E-state index contributed by atoms with van der Waals surface area (Å²) in [6.45, 7) is -0.560. The van der Waals surface area contributed by atoms with Gasteiger partial charge in [0.05, 0.1) is 5.56 Å². The van der Waals surface area contributed by atoms with E-state index in [-0.39, 0.29) is 16.0 Å². The van der Waals surface area contributed by atoms with E-state index in [4.69, 9.17) is 4.74 Å². The Balaban J connectivity index is 2.21. The van der Waals surface area contributed by atoms with Crippen LogP contribution in [0.3, 0.4) is 0 Å². The van der Waals surface area contributed by atoms with Gasteiger partial charge >= 0.3 is 6.09 Å². The smallest absolute Gasteiger partial charge is 0.407 e. The molecule has 1 amide bonds. The predicted octanol–water partition coefficient (Wildman–Crippen LogP) is 2.32. The van der Waals surface area contributed by atoms with Gasteiger partial charge in [-0.15, -0.1) is 0 Å². The van der Waals surface area contributed by atoms with Crippen molar-refractivity contribution in [1.82, 2.24) is 19.3 Å². The fraction of sp³-hybridized carbons (Fsp3) is 0.118. The predicted molar refractivity (Wildman–Crippen MR) is 93.6 cm³/mol. The van der Waals surface area contributed by atoms with Gasteiger partial charge < -0.3 is 10.1 Å². The van der Waals surface area contributed by atoms with Crippen molar-refractivity contribution >= 4 is 16.1 Å². The van der Waals surface area contributed by atoms with Gasteiger partial charge in [0.2, 0.25) is 5.95 Å². The van der Waals surface area contributed by atoms with Gasteiger partial charge in [-0.1, -0.05) is 0 Å². The number of halogens is 2. The number of nitrogens with zero attached hydrogens (tertiary/aromatic N) is 3. The SMILES string of the molecule is CNC(=O)OCc1cn(S(=O)(=O)c2cccnc2)c(-c2cccnc2F)c1F. The third-order valence-electron chi connectivity index (χ3n) is 3.75. The Morgan fingerprint density at radius 2 is 2.00 bits per heavy atom. The second kappa shape index (κ2) is 7.72. The van der Waals surface area contributed by atoms with Crippen LogP contribution in [-0.2, 0) is 21.4 Å². The molecule has 0 bridgehead atoms. The Morgan fingerprint density at radius 1 is 1.25 bits per heavy atom. The number of carbonyl (C=O) groups is 1. The summed E-state index contributed by atoms with van der Waals surface area (Å²) in [6, 6.07) is 5.20. The van der Waals surface area contributed by atoms with Crippen LogP contribution in [-0.4, -0.2) is 35.5 Å². The number of carbonyl (C=O) groups excluding carboxylic acids is 1. The van der Waals surface area contributed by atoms with Gasteiger partial charge in [0.15, 0.2) is 5.82 Å². The van der Waals surface area contributed by atoms with Crippen molar-refractivity contribution in [1.29, 1.82) is 0 Å². The van der Waals surface area contributed by atoms with Crippen molar-refractivity contribution in [2.75, 3.05) is 7.05 Å². The number of alkyl carbamates (subject to hydrolysis) is 1. The summed E-state index contributed by atoms with van der Waals surface area (Å²) in [5, 5.41) is 2.19. The van der Waals surface area contributed by atoms with E-state index in [0.29, 0.717) is 3.97 Å². The molecule has 0 spiro atoms. The van der Waals surface area contributed by atoms with Crippen LogP contribution in [0.15, 0.2) is 53.9 Å². The van der Waals surface area contributed by atoms with Crippen molar-refractivity contribution in [3.05, 3.63) is 66.4 Å². The highest BCUT2D eigenvalue weighted by atomic mass is 32.2. The first-order valence-corrected chi connectivity index (χ1v) is 9.31. The number of hydrogen-bond acceptors (Lipinski definition) is 6. The summed E-state index contributed by atoms with van der Waals surface area (Å²) in [5.41, 5.74) is -1.18. The number of ether oxygens (including phenoxy) is 1. The minimum absolute atomic E-state index is 0.227. The molecule has 28 heavy (non-hydrogen) atoms. The van der Waals surface area contributed by atoms with Crippen LogP contribution in [0, 0.1) is 11.8 Å². The summed E-state index contributed by atoms with van der Waals surface area (Å²) >= 11 is 0. The maximum atomic E-state index is 15.1. The van der Waals surface area contributed by atoms with Crippen LogP contribution in [0.25, 0.3) is 11.3 Å². The lowest BCUT2D eigenvalue weighted by molar-refractivity contribution is 0.141. The Bertz CT molecular complexity index is 1120. The number of nitrogens with one attached hydrogen (secondary N) is 1. The Kier molecular flexibility index (Phi) is 5.36. The summed E-state index contributed by atoms with van der Waals surface area (Å²) in [6.07, 6.45) is 3.70. The zero-order chi connectivity index (χ0) is 20.3. The molecule has 146 valence electrons. The molecule has 3 aromatic heterocycles. The van der Waals surface area contributed by atoms with Gasteiger partial charge in [-0.2, -0.15) is 4.39 Å². The summed E-state index contributed by atoms with van der Waals surface area (Å²) in [7, 11) is -3.00. The van der Waals surface area contributed by atoms with Crippen LogP contribution in [0.5, 0.6) is 0 Å². The highest BCUT2D eigenvalue weighted by molar-refractivity contribution is 7.90. The average molecular weight is 408 g/mol. The van der Waals surface area contributed by atoms with E-state index in [9.17, 15) is 17.6 Å². The summed E-state index contributed by atoms with van der Waals surface area (Å²) in [5.74, 6) is -2.11. The third kappa shape index (κ3) is 3.56. The average Bonchev–Trinajstić information content (AvgIpc) is 3.04. The zero-order valence-corrected chi connectivity index (χ0v) is 15.3. The molecule has 0 aromatic carbocycles. The molecule has 0 unspecified atom stereocenters. The molecule has 1 N–H and O–H groups in total. The van der Waals surface area contributed by atoms with Crippen LogP contribution in [0.2, 0.25) is 0 Å². The van der Waals surface area contributed by atoms with Gasteiger partial charge in [0.1, 0.15) is 17.2 Å².